The van der Waals surface area contributed by atoms with E-state index in [4.69, 9.17) is 5.26 Å². The molecular weight excluding hydrogens is 174 g/mol. The molecule has 0 aliphatic rings. The standard InChI is InChI=1S/C8H7NO2S/c1-5-6(3-9)4-12-7(5)8(10)11-2/h4H,1-2H3. The lowest BCUT2D eigenvalue weighted by molar-refractivity contribution is 0.0605. The fourth-order valence-electron chi connectivity index (χ4n) is 0.821. The van der Waals surface area contributed by atoms with E-state index in [1.165, 1.54) is 18.4 Å². The quantitative estimate of drug-likeness (QED) is 0.620. The maximum Gasteiger partial charge on any atom is 0.348 e. The van der Waals surface area contributed by atoms with Crippen LogP contribution in [0.3, 0.4) is 0 Å². The number of carbonyl (C=O) groups is 1. The minimum absolute atomic E-state index is 0.376. The van der Waals surface area contributed by atoms with Crippen LogP contribution in [-0.2, 0) is 4.74 Å². The van der Waals surface area contributed by atoms with Crippen LogP contribution in [0.1, 0.15) is 20.8 Å². The average Bonchev–Trinajstić information content (AvgIpc) is 2.45. The summed E-state index contributed by atoms with van der Waals surface area (Å²) in [4.78, 5) is 11.6. The number of ether oxygens (including phenoxy) is 1. The third-order valence-corrected chi connectivity index (χ3v) is 2.59. The number of hydrogen-bond acceptors (Lipinski definition) is 4. The van der Waals surface area contributed by atoms with E-state index in [1.807, 2.05) is 6.07 Å². The predicted molar refractivity (Wildman–Crippen MR) is 45.1 cm³/mol. The Labute approximate surface area is 74.2 Å². The largest absolute Gasteiger partial charge is 0.465 e. The van der Waals surface area contributed by atoms with Crippen LogP contribution in [0.15, 0.2) is 5.38 Å². The molecule has 0 fully saturated rings. The number of rotatable bonds is 1. The molecular formula is C8H7NO2S. The zero-order chi connectivity index (χ0) is 9.14. The van der Waals surface area contributed by atoms with Crippen molar-refractivity contribution in [3.05, 3.63) is 21.4 Å². The summed E-state index contributed by atoms with van der Waals surface area (Å²) in [6.07, 6.45) is 0. The first-order valence-corrected chi connectivity index (χ1v) is 4.15. The van der Waals surface area contributed by atoms with E-state index in [-0.39, 0.29) is 5.97 Å². The summed E-state index contributed by atoms with van der Waals surface area (Å²) in [7, 11) is 1.33. The van der Waals surface area contributed by atoms with Gasteiger partial charge >= 0.3 is 5.97 Å². The van der Waals surface area contributed by atoms with E-state index in [1.54, 1.807) is 12.3 Å². The first-order chi connectivity index (χ1) is 5.70. The average molecular weight is 181 g/mol. The van der Waals surface area contributed by atoms with Crippen molar-refractivity contribution >= 4 is 17.3 Å². The van der Waals surface area contributed by atoms with E-state index in [9.17, 15) is 4.79 Å². The van der Waals surface area contributed by atoms with Crippen LogP contribution < -0.4 is 0 Å². The summed E-state index contributed by atoms with van der Waals surface area (Å²) in [5.74, 6) is -0.376. The lowest BCUT2D eigenvalue weighted by Crippen LogP contribution is -1.99. The second-order valence-electron chi connectivity index (χ2n) is 2.21. The number of carbonyl (C=O) groups excluding carboxylic acids is 1. The van der Waals surface area contributed by atoms with Crippen molar-refractivity contribution < 1.29 is 9.53 Å². The van der Waals surface area contributed by atoms with Gasteiger partial charge in [-0.25, -0.2) is 4.79 Å². The molecule has 0 amide bonds. The van der Waals surface area contributed by atoms with Gasteiger partial charge in [0.2, 0.25) is 0 Å². The van der Waals surface area contributed by atoms with Crippen molar-refractivity contribution in [2.24, 2.45) is 0 Å². The normalized spacial score (nSPS) is 9.08. The monoisotopic (exact) mass is 181 g/mol. The number of thiophene rings is 1. The van der Waals surface area contributed by atoms with Gasteiger partial charge in [0, 0.05) is 5.38 Å². The minimum atomic E-state index is -0.376. The Morgan fingerprint density at radius 3 is 2.83 bits per heavy atom. The Bertz CT molecular complexity index is 348. The van der Waals surface area contributed by atoms with Crippen LogP contribution in [0.4, 0.5) is 0 Å². The van der Waals surface area contributed by atoms with Crippen molar-refractivity contribution in [3.63, 3.8) is 0 Å². The summed E-state index contributed by atoms with van der Waals surface area (Å²) in [5, 5.41) is 10.2. The number of hydrogen-bond donors (Lipinski definition) is 0. The Morgan fingerprint density at radius 1 is 1.75 bits per heavy atom. The molecule has 0 radical (unpaired) electrons. The lowest BCUT2D eigenvalue weighted by atomic mass is 10.2. The van der Waals surface area contributed by atoms with Gasteiger partial charge in [-0.2, -0.15) is 5.26 Å². The van der Waals surface area contributed by atoms with Crippen LogP contribution in [0.2, 0.25) is 0 Å². The molecule has 62 valence electrons. The Hall–Kier alpha value is -1.34. The molecule has 0 saturated carbocycles. The van der Waals surface area contributed by atoms with E-state index in [2.05, 4.69) is 4.74 Å². The molecule has 12 heavy (non-hydrogen) atoms. The molecule has 1 heterocycles. The SMILES string of the molecule is COC(=O)c1scc(C#N)c1C. The highest BCUT2D eigenvalue weighted by Crippen LogP contribution is 2.21. The molecule has 0 atom stereocenters. The zero-order valence-corrected chi connectivity index (χ0v) is 7.57. The molecule has 0 aliphatic carbocycles. The molecule has 3 nitrogen and oxygen atoms in total. The smallest absolute Gasteiger partial charge is 0.348 e. The zero-order valence-electron chi connectivity index (χ0n) is 6.75. The molecule has 0 aliphatic heterocycles. The third-order valence-electron chi connectivity index (χ3n) is 1.53. The van der Waals surface area contributed by atoms with Crippen molar-refractivity contribution in [2.75, 3.05) is 7.11 Å². The summed E-state index contributed by atoms with van der Waals surface area (Å²) < 4.78 is 4.54. The minimum Gasteiger partial charge on any atom is -0.465 e. The lowest BCUT2D eigenvalue weighted by Gasteiger charge is -1.95. The van der Waals surface area contributed by atoms with E-state index >= 15 is 0 Å². The van der Waals surface area contributed by atoms with Crippen molar-refractivity contribution in [1.29, 1.82) is 5.26 Å². The Morgan fingerprint density at radius 2 is 2.42 bits per heavy atom. The second kappa shape index (κ2) is 3.37. The number of nitrogens with zero attached hydrogens (tertiary/aromatic N) is 1. The van der Waals surface area contributed by atoms with Crippen LogP contribution in [0.5, 0.6) is 0 Å². The van der Waals surface area contributed by atoms with Gasteiger partial charge in [0.25, 0.3) is 0 Å². The molecule has 1 aromatic heterocycles. The maximum atomic E-state index is 11.0. The number of methoxy groups -OCH3 is 1. The van der Waals surface area contributed by atoms with E-state index in [0.717, 1.165) is 0 Å². The molecule has 1 aromatic rings. The fraction of sp³-hybridized carbons (Fsp3) is 0.250. The van der Waals surface area contributed by atoms with Gasteiger partial charge in [-0.3, -0.25) is 0 Å². The van der Waals surface area contributed by atoms with Gasteiger partial charge in [-0.05, 0) is 12.5 Å². The van der Waals surface area contributed by atoms with Gasteiger partial charge in [0.05, 0.1) is 12.7 Å². The van der Waals surface area contributed by atoms with Crippen LogP contribution in [0.25, 0.3) is 0 Å². The number of nitriles is 1. The highest BCUT2D eigenvalue weighted by atomic mass is 32.1. The first kappa shape index (κ1) is 8.75. The molecule has 0 bridgehead atoms. The highest BCUT2D eigenvalue weighted by Gasteiger charge is 2.14. The molecule has 0 aromatic carbocycles. The second-order valence-corrected chi connectivity index (χ2v) is 3.09. The molecule has 1 rings (SSSR count). The molecule has 4 heteroatoms. The maximum absolute atomic E-state index is 11.0. The van der Waals surface area contributed by atoms with Gasteiger partial charge in [-0.1, -0.05) is 0 Å². The topological polar surface area (TPSA) is 50.1 Å². The molecule has 0 N–H and O–H groups in total. The van der Waals surface area contributed by atoms with E-state index < -0.39 is 0 Å². The first-order valence-electron chi connectivity index (χ1n) is 3.27. The van der Waals surface area contributed by atoms with Gasteiger partial charge < -0.3 is 4.74 Å². The highest BCUT2D eigenvalue weighted by molar-refractivity contribution is 7.12. The van der Waals surface area contributed by atoms with Crippen molar-refractivity contribution in [1.82, 2.24) is 0 Å². The molecule has 0 spiro atoms. The molecule has 0 unspecified atom stereocenters. The summed E-state index contributed by atoms with van der Waals surface area (Å²) in [6.45, 7) is 1.74. The van der Waals surface area contributed by atoms with Crippen molar-refractivity contribution in [2.45, 2.75) is 6.92 Å². The van der Waals surface area contributed by atoms with Gasteiger partial charge in [0.1, 0.15) is 10.9 Å². The van der Waals surface area contributed by atoms with Crippen LogP contribution in [-0.4, -0.2) is 13.1 Å². The van der Waals surface area contributed by atoms with Crippen molar-refractivity contribution in [3.8, 4) is 6.07 Å². The van der Waals surface area contributed by atoms with E-state index in [0.29, 0.717) is 16.0 Å². The molecule has 0 saturated heterocycles. The van der Waals surface area contributed by atoms with Gasteiger partial charge in [0.15, 0.2) is 0 Å². The third kappa shape index (κ3) is 1.31. The Kier molecular flexibility index (Phi) is 2.46. The van der Waals surface area contributed by atoms with Crippen LogP contribution in [0, 0.1) is 18.3 Å². The number of esters is 1. The fourth-order valence-corrected chi connectivity index (χ4v) is 1.75. The summed E-state index contributed by atoms with van der Waals surface area (Å²) in [6, 6.07) is 2.00. The van der Waals surface area contributed by atoms with Crippen LogP contribution >= 0.6 is 11.3 Å². The Balaban J connectivity index is 3.12. The summed E-state index contributed by atoms with van der Waals surface area (Å²) >= 11 is 1.24. The predicted octanol–water partition coefficient (Wildman–Crippen LogP) is 1.71. The van der Waals surface area contributed by atoms with Gasteiger partial charge in [-0.15, -0.1) is 11.3 Å². The summed E-state index contributed by atoms with van der Waals surface area (Å²) in [5.41, 5.74) is 1.25.